The van der Waals surface area contributed by atoms with Gasteiger partial charge in [-0.1, -0.05) is 36.4 Å². The Balaban J connectivity index is 2.63. The molecule has 16 heavy (non-hydrogen) atoms. The Morgan fingerprint density at radius 1 is 1.31 bits per heavy atom. The fourth-order valence-corrected chi connectivity index (χ4v) is 3.50. The van der Waals surface area contributed by atoms with Crippen molar-refractivity contribution in [2.75, 3.05) is 0 Å². The van der Waals surface area contributed by atoms with Crippen molar-refractivity contribution in [3.8, 4) is 0 Å². The van der Waals surface area contributed by atoms with Crippen LogP contribution in [0.25, 0.3) is 0 Å². The van der Waals surface area contributed by atoms with Gasteiger partial charge >= 0.3 is 0 Å². The van der Waals surface area contributed by atoms with Gasteiger partial charge in [0.25, 0.3) is 10.1 Å². The van der Waals surface area contributed by atoms with Gasteiger partial charge in [0.2, 0.25) is 0 Å². The lowest BCUT2D eigenvalue weighted by Crippen LogP contribution is -2.35. The molecular formula is C12H14O3S. The molecule has 1 fully saturated rings. The van der Waals surface area contributed by atoms with Gasteiger partial charge in [0.05, 0.1) is 0 Å². The van der Waals surface area contributed by atoms with Gasteiger partial charge in [-0.15, -0.1) is 6.58 Å². The molecule has 1 aliphatic rings. The van der Waals surface area contributed by atoms with Crippen molar-refractivity contribution in [2.45, 2.75) is 17.6 Å². The molecule has 1 aromatic carbocycles. The highest BCUT2D eigenvalue weighted by Crippen LogP contribution is 2.51. The maximum absolute atomic E-state index is 11.7. The summed E-state index contributed by atoms with van der Waals surface area (Å²) in [6.07, 6.45) is 2.97. The molecule has 1 aliphatic carbocycles. The van der Waals surface area contributed by atoms with Gasteiger partial charge in [0, 0.05) is 0 Å². The molecule has 1 N–H and O–H groups in total. The maximum Gasteiger partial charge on any atom is 0.278 e. The third kappa shape index (κ3) is 1.58. The summed E-state index contributed by atoms with van der Waals surface area (Å²) in [5, 5.41) is 0. The molecule has 2 rings (SSSR count). The minimum absolute atomic E-state index is 0.0533. The lowest BCUT2D eigenvalue weighted by molar-refractivity contribution is 0.434. The minimum atomic E-state index is -4.18. The van der Waals surface area contributed by atoms with E-state index in [4.69, 9.17) is 0 Å². The van der Waals surface area contributed by atoms with Crippen molar-refractivity contribution < 1.29 is 13.0 Å². The molecule has 1 saturated carbocycles. The second-order valence-electron chi connectivity index (χ2n) is 4.11. The Hall–Kier alpha value is -1.13. The molecule has 86 valence electrons. The van der Waals surface area contributed by atoms with Gasteiger partial charge in [0.15, 0.2) is 0 Å². The summed E-state index contributed by atoms with van der Waals surface area (Å²) in [5.41, 5.74) is 0.593. The Morgan fingerprint density at radius 2 is 1.88 bits per heavy atom. The van der Waals surface area contributed by atoms with E-state index in [2.05, 4.69) is 6.58 Å². The van der Waals surface area contributed by atoms with E-state index in [9.17, 15) is 13.0 Å². The summed E-state index contributed by atoms with van der Waals surface area (Å²) in [7, 11) is -4.18. The van der Waals surface area contributed by atoms with Crippen LogP contribution in [0.5, 0.6) is 0 Å². The van der Waals surface area contributed by atoms with E-state index >= 15 is 0 Å². The normalized spacial score (nSPS) is 20.1. The third-order valence-electron chi connectivity index (χ3n) is 3.14. The molecule has 0 radical (unpaired) electrons. The Bertz CT molecular complexity index is 488. The molecule has 0 spiro atoms. The Morgan fingerprint density at radius 3 is 2.25 bits per heavy atom. The number of hydrogen-bond acceptors (Lipinski definition) is 2. The Labute approximate surface area is 95.6 Å². The monoisotopic (exact) mass is 238 g/mol. The summed E-state index contributed by atoms with van der Waals surface area (Å²) in [5.74, 6) is -0.0533. The summed E-state index contributed by atoms with van der Waals surface area (Å²) < 4.78 is 31.5. The van der Waals surface area contributed by atoms with Crippen LogP contribution in [-0.2, 0) is 14.9 Å². The van der Waals surface area contributed by atoms with E-state index in [1.165, 1.54) is 6.08 Å². The van der Waals surface area contributed by atoms with Crippen molar-refractivity contribution in [3.63, 3.8) is 0 Å². The highest BCUT2D eigenvalue weighted by atomic mass is 32.2. The van der Waals surface area contributed by atoms with Crippen molar-refractivity contribution >= 4 is 10.1 Å². The zero-order chi connectivity index (χ0) is 11.8. The van der Waals surface area contributed by atoms with Crippen LogP contribution in [0.1, 0.15) is 18.4 Å². The zero-order valence-electron chi connectivity index (χ0n) is 8.83. The van der Waals surface area contributed by atoms with Crippen LogP contribution < -0.4 is 0 Å². The van der Waals surface area contributed by atoms with Gasteiger partial charge in [-0.05, 0) is 24.3 Å². The molecular weight excluding hydrogens is 224 g/mol. The van der Waals surface area contributed by atoms with Crippen LogP contribution >= 0.6 is 0 Å². The average Bonchev–Trinajstić information content (AvgIpc) is 3.04. The number of rotatable bonds is 4. The van der Waals surface area contributed by atoms with Crippen molar-refractivity contribution in [1.29, 1.82) is 0 Å². The van der Waals surface area contributed by atoms with Gasteiger partial charge < -0.3 is 0 Å². The Kier molecular flexibility index (Phi) is 2.64. The molecule has 0 saturated heterocycles. The molecule has 0 aliphatic heterocycles. The first-order chi connectivity index (χ1) is 7.52. The molecule has 1 atom stereocenters. The summed E-state index contributed by atoms with van der Waals surface area (Å²) in [4.78, 5) is 0. The molecule has 3 nitrogen and oxygen atoms in total. The van der Waals surface area contributed by atoms with Crippen LogP contribution in [0, 0.1) is 5.92 Å². The predicted molar refractivity (Wildman–Crippen MR) is 62.6 cm³/mol. The van der Waals surface area contributed by atoms with E-state index in [-0.39, 0.29) is 5.92 Å². The minimum Gasteiger partial charge on any atom is -0.285 e. The summed E-state index contributed by atoms with van der Waals surface area (Å²) in [6.45, 7) is 3.60. The summed E-state index contributed by atoms with van der Waals surface area (Å²) in [6, 6.07) is 8.78. The number of hydrogen-bond donors (Lipinski definition) is 1. The quantitative estimate of drug-likeness (QED) is 0.647. The average molecular weight is 238 g/mol. The van der Waals surface area contributed by atoms with Crippen LogP contribution in [0.4, 0.5) is 0 Å². The van der Waals surface area contributed by atoms with Gasteiger partial charge in [-0.3, -0.25) is 4.55 Å². The fourth-order valence-electron chi connectivity index (χ4n) is 2.20. The molecule has 0 heterocycles. The third-order valence-corrected chi connectivity index (χ3v) is 4.73. The summed E-state index contributed by atoms with van der Waals surface area (Å²) >= 11 is 0. The van der Waals surface area contributed by atoms with Gasteiger partial charge in [0.1, 0.15) is 4.75 Å². The van der Waals surface area contributed by atoms with E-state index in [0.29, 0.717) is 5.56 Å². The first-order valence-electron chi connectivity index (χ1n) is 5.18. The largest absolute Gasteiger partial charge is 0.285 e. The van der Waals surface area contributed by atoms with Crippen LogP contribution in [0.3, 0.4) is 0 Å². The van der Waals surface area contributed by atoms with Crippen LogP contribution in [0.15, 0.2) is 43.0 Å². The zero-order valence-corrected chi connectivity index (χ0v) is 9.65. The highest BCUT2D eigenvalue weighted by Gasteiger charge is 2.53. The second-order valence-corrected chi connectivity index (χ2v) is 5.74. The SMILES string of the molecule is C=CC(c1ccccc1)(C1CC1)S(=O)(=O)O. The second kappa shape index (κ2) is 3.71. The van der Waals surface area contributed by atoms with E-state index in [0.717, 1.165) is 12.8 Å². The van der Waals surface area contributed by atoms with Crippen molar-refractivity contribution in [1.82, 2.24) is 0 Å². The molecule has 1 unspecified atom stereocenters. The van der Waals surface area contributed by atoms with Crippen molar-refractivity contribution in [3.05, 3.63) is 48.6 Å². The highest BCUT2D eigenvalue weighted by molar-refractivity contribution is 7.87. The molecule has 0 aromatic heterocycles. The van der Waals surface area contributed by atoms with Gasteiger partial charge in [-0.2, -0.15) is 8.42 Å². The first-order valence-corrected chi connectivity index (χ1v) is 6.62. The fraction of sp³-hybridized carbons (Fsp3) is 0.333. The maximum atomic E-state index is 11.7. The standard InChI is InChI=1S/C12H14O3S/c1-2-12(11-8-9-11,16(13,14)15)10-6-4-3-5-7-10/h2-7,11H,1,8-9H2,(H,13,14,15). The first kappa shape index (κ1) is 11.4. The van der Waals surface area contributed by atoms with Gasteiger partial charge in [-0.25, -0.2) is 0 Å². The number of benzene rings is 1. The van der Waals surface area contributed by atoms with E-state index in [1.54, 1.807) is 24.3 Å². The molecule has 1 aromatic rings. The molecule has 0 amide bonds. The van der Waals surface area contributed by atoms with E-state index in [1.807, 2.05) is 6.07 Å². The molecule has 0 bridgehead atoms. The topological polar surface area (TPSA) is 54.4 Å². The lowest BCUT2D eigenvalue weighted by atomic mass is 9.93. The van der Waals surface area contributed by atoms with Crippen LogP contribution in [0.2, 0.25) is 0 Å². The predicted octanol–water partition coefficient (Wildman–Crippen LogP) is 2.37. The smallest absolute Gasteiger partial charge is 0.278 e. The van der Waals surface area contributed by atoms with Crippen molar-refractivity contribution in [2.24, 2.45) is 5.92 Å². The molecule has 4 heteroatoms. The van der Waals surface area contributed by atoms with E-state index < -0.39 is 14.9 Å². The lowest BCUT2D eigenvalue weighted by Gasteiger charge is -2.27. The van der Waals surface area contributed by atoms with Crippen LogP contribution in [-0.4, -0.2) is 13.0 Å².